The average Bonchev–Trinajstić information content (AvgIpc) is 3.10. The Morgan fingerprint density at radius 1 is 1.10 bits per heavy atom. The van der Waals surface area contributed by atoms with Gasteiger partial charge < -0.3 is 9.80 Å². The molecule has 4 rings (SSSR count). The number of fused-ring (bicyclic) bond motifs is 2. The molecule has 0 saturated heterocycles. The van der Waals surface area contributed by atoms with Gasteiger partial charge in [-0.05, 0) is 64.5 Å². The van der Waals surface area contributed by atoms with Gasteiger partial charge in [-0.3, -0.25) is 4.79 Å². The van der Waals surface area contributed by atoms with Crippen LogP contribution < -0.4 is 14.5 Å². The van der Waals surface area contributed by atoms with Crippen LogP contribution >= 0.6 is 15.9 Å². The Morgan fingerprint density at radius 3 is 2.69 bits per heavy atom. The largest absolute Gasteiger partial charge is 0.370 e. The van der Waals surface area contributed by atoms with E-state index in [1.165, 1.54) is 18.2 Å². The Morgan fingerprint density at radius 2 is 1.90 bits per heavy atom. The van der Waals surface area contributed by atoms with Crippen LogP contribution in [0, 0.1) is 0 Å². The number of halogens is 1. The van der Waals surface area contributed by atoms with E-state index in [9.17, 15) is 13.2 Å². The number of carbonyl (C=O) groups excluding carboxylic acids is 1. The quantitative estimate of drug-likeness (QED) is 0.718. The highest BCUT2D eigenvalue weighted by atomic mass is 79.9. The summed E-state index contributed by atoms with van der Waals surface area (Å²) in [4.78, 5) is 15.9. The molecule has 0 radical (unpaired) electrons. The van der Waals surface area contributed by atoms with Crippen molar-refractivity contribution in [1.82, 2.24) is 4.72 Å². The summed E-state index contributed by atoms with van der Waals surface area (Å²) in [6.45, 7) is 3.94. The fourth-order valence-electron chi connectivity index (χ4n) is 4.16. The third-order valence-corrected chi connectivity index (χ3v) is 8.00. The van der Waals surface area contributed by atoms with Gasteiger partial charge in [0.2, 0.25) is 15.9 Å². The van der Waals surface area contributed by atoms with Gasteiger partial charge in [0.1, 0.15) is 0 Å². The maximum atomic E-state index is 13.0. The van der Waals surface area contributed by atoms with Crippen LogP contribution in [0.5, 0.6) is 0 Å². The molecule has 2 aromatic rings. The van der Waals surface area contributed by atoms with Gasteiger partial charge >= 0.3 is 0 Å². The van der Waals surface area contributed by atoms with E-state index in [0.29, 0.717) is 29.8 Å². The van der Waals surface area contributed by atoms with Crippen molar-refractivity contribution in [3.05, 3.63) is 52.0 Å². The van der Waals surface area contributed by atoms with E-state index in [1.807, 2.05) is 18.2 Å². The highest BCUT2D eigenvalue weighted by molar-refractivity contribution is 9.10. The lowest BCUT2D eigenvalue weighted by atomic mass is 10.0. The van der Waals surface area contributed by atoms with Gasteiger partial charge in [0.15, 0.2) is 0 Å². The minimum atomic E-state index is -3.70. The summed E-state index contributed by atoms with van der Waals surface area (Å²) in [5, 5.41) is 0. The van der Waals surface area contributed by atoms with E-state index in [1.54, 1.807) is 11.0 Å². The Hall–Kier alpha value is -1.90. The first-order valence-corrected chi connectivity index (χ1v) is 12.1. The van der Waals surface area contributed by atoms with Crippen LogP contribution in [0.1, 0.15) is 24.5 Å². The number of anilines is 2. The van der Waals surface area contributed by atoms with Crippen molar-refractivity contribution in [1.29, 1.82) is 0 Å². The number of aryl methyl sites for hydroxylation is 1. The van der Waals surface area contributed by atoms with Crippen molar-refractivity contribution in [2.75, 3.05) is 36.0 Å². The van der Waals surface area contributed by atoms with Crippen molar-refractivity contribution in [3.63, 3.8) is 0 Å². The molecule has 0 unspecified atom stereocenters. The molecule has 154 valence electrons. The summed E-state index contributed by atoms with van der Waals surface area (Å²) in [5.74, 6) is -0.0776. The fourth-order valence-corrected chi connectivity index (χ4v) is 6.29. The molecule has 29 heavy (non-hydrogen) atoms. The van der Waals surface area contributed by atoms with Gasteiger partial charge in [0.25, 0.3) is 0 Å². The number of carbonyl (C=O) groups is 1. The highest BCUT2D eigenvalue weighted by Gasteiger charge is 2.27. The third-order valence-electron chi connectivity index (χ3n) is 5.58. The SMILES string of the molecule is CC(=O)N1CCc2cc(Br)c(S(=O)(=O)NCCN3CCCc4ccccc43)cc21. The molecule has 1 amide bonds. The minimum Gasteiger partial charge on any atom is -0.370 e. The van der Waals surface area contributed by atoms with Crippen LogP contribution in [-0.4, -0.2) is 40.5 Å². The third kappa shape index (κ3) is 4.06. The molecule has 0 atom stereocenters. The molecule has 2 aliphatic rings. The number of nitrogens with zero attached hydrogens (tertiary/aromatic N) is 2. The Balaban J connectivity index is 1.49. The van der Waals surface area contributed by atoms with E-state index >= 15 is 0 Å². The van der Waals surface area contributed by atoms with Crippen molar-refractivity contribution in [3.8, 4) is 0 Å². The standard InChI is InChI=1S/C21H24BrN3O3S/c1-15(26)25-11-8-17-13-18(22)21(14-20(17)25)29(27,28)23-9-12-24-10-4-6-16-5-2-3-7-19(16)24/h2-3,5,7,13-14,23H,4,6,8-12H2,1H3. The predicted molar refractivity (Wildman–Crippen MR) is 118 cm³/mol. The number of benzene rings is 2. The molecule has 0 saturated carbocycles. The molecule has 0 aromatic heterocycles. The van der Waals surface area contributed by atoms with Crippen molar-refractivity contribution in [2.24, 2.45) is 0 Å². The predicted octanol–water partition coefficient (Wildman–Crippen LogP) is 3.09. The molecule has 1 N–H and O–H groups in total. The number of sulfonamides is 1. The maximum Gasteiger partial charge on any atom is 0.241 e. The topological polar surface area (TPSA) is 69.7 Å². The zero-order chi connectivity index (χ0) is 20.6. The van der Waals surface area contributed by atoms with Crippen LogP contribution in [0.4, 0.5) is 11.4 Å². The summed E-state index contributed by atoms with van der Waals surface area (Å²) in [6, 6.07) is 11.7. The molecular formula is C21H24BrN3O3S. The van der Waals surface area contributed by atoms with Gasteiger partial charge in [-0.1, -0.05) is 18.2 Å². The summed E-state index contributed by atoms with van der Waals surface area (Å²) in [7, 11) is -3.70. The van der Waals surface area contributed by atoms with Gasteiger partial charge in [0.05, 0.1) is 4.90 Å². The summed E-state index contributed by atoms with van der Waals surface area (Å²) < 4.78 is 29.2. The lowest BCUT2D eigenvalue weighted by molar-refractivity contribution is -0.116. The first-order chi connectivity index (χ1) is 13.9. The lowest BCUT2D eigenvalue weighted by Gasteiger charge is -2.31. The molecule has 0 fully saturated rings. The summed E-state index contributed by atoms with van der Waals surface area (Å²) in [5.41, 5.74) is 4.17. The lowest BCUT2D eigenvalue weighted by Crippen LogP contribution is -2.37. The molecule has 0 spiro atoms. The molecule has 8 heteroatoms. The summed E-state index contributed by atoms with van der Waals surface area (Å²) in [6.07, 6.45) is 2.86. The number of hydrogen-bond acceptors (Lipinski definition) is 4. The van der Waals surface area contributed by atoms with Gasteiger partial charge in [-0.2, -0.15) is 0 Å². The van der Waals surface area contributed by atoms with Crippen molar-refractivity contribution < 1.29 is 13.2 Å². The van der Waals surface area contributed by atoms with Crippen LogP contribution in [0.15, 0.2) is 45.8 Å². The van der Waals surface area contributed by atoms with Crippen molar-refractivity contribution in [2.45, 2.75) is 31.1 Å². The number of nitrogens with one attached hydrogen (secondary N) is 1. The number of para-hydroxylation sites is 1. The molecular weight excluding hydrogens is 454 g/mol. The summed E-state index contributed by atoms with van der Waals surface area (Å²) >= 11 is 3.40. The monoisotopic (exact) mass is 477 g/mol. The van der Waals surface area contributed by atoms with Crippen LogP contribution in [0.3, 0.4) is 0 Å². The first kappa shape index (κ1) is 20.4. The second-order valence-corrected chi connectivity index (χ2v) is 10.0. The molecule has 0 bridgehead atoms. The molecule has 0 aliphatic carbocycles. The second kappa shape index (κ2) is 8.08. The molecule has 2 aromatic carbocycles. The van der Waals surface area contributed by atoms with E-state index in [4.69, 9.17) is 0 Å². The normalized spacial score (nSPS) is 15.9. The molecule has 2 heterocycles. The Kier molecular flexibility index (Phi) is 5.68. The molecule has 2 aliphatic heterocycles. The number of amides is 1. The maximum absolute atomic E-state index is 13.0. The van der Waals surface area contributed by atoms with E-state index in [0.717, 1.165) is 31.4 Å². The zero-order valence-corrected chi connectivity index (χ0v) is 18.7. The Labute approximate surface area is 180 Å². The van der Waals surface area contributed by atoms with Gasteiger partial charge in [-0.15, -0.1) is 0 Å². The minimum absolute atomic E-state index is 0.0776. The van der Waals surface area contributed by atoms with Crippen LogP contribution in [0.2, 0.25) is 0 Å². The van der Waals surface area contributed by atoms with Crippen LogP contribution in [-0.2, 0) is 27.7 Å². The smallest absolute Gasteiger partial charge is 0.241 e. The highest BCUT2D eigenvalue weighted by Crippen LogP contribution is 2.35. The average molecular weight is 478 g/mol. The number of rotatable bonds is 5. The first-order valence-electron chi connectivity index (χ1n) is 9.80. The van der Waals surface area contributed by atoms with Gasteiger partial charge in [0, 0.05) is 49.0 Å². The van der Waals surface area contributed by atoms with Crippen molar-refractivity contribution >= 4 is 43.2 Å². The van der Waals surface area contributed by atoms with Gasteiger partial charge in [-0.25, -0.2) is 13.1 Å². The van der Waals surface area contributed by atoms with E-state index < -0.39 is 10.0 Å². The van der Waals surface area contributed by atoms with Crippen LogP contribution in [0.25, 0.3) is 0 Å². The Bertz CT molecular complexity index is 1060. The van der Waals surface area contributed by atoms with E-state index in [-0.39, 0.29) is 10.8 Å². The number of hydrogen-bond donors (Lipinski definition) is 1. The zero-order valence-electron chi connectivity index (χ0n) is 16.3. The second-order valence-electron chi connectivity index (χ2n) is 7.45. The fraction of sp³-hybridized carbons (Fsp3) is 0.381. The molecule has 6 nitrogen and oxygen atoms in total. The van der Waals surface area contributed by atoms with E-state index in [2.05, 4.69) is 37.7 Å².